The first-order chi connectivity index (χ1) is 20.0. The van der Waals surface area contributed by atoms with E-state index in [1.54, 1.807) is 0 Å². The molecule has 0 aliphatic heterocycles. The Morgan fingerprint density at radius 2 is 1.41 bits per heavy atom. The molecule has 3 rings (SSSR count). The summed E-state index contributed by atoms with van der Waals surface area (Å²) in [5.41, 5.74) is 3.08. The van der Waals surface area contributed by atoms with Crippen LogP contribution in [0, 0.1) is 0 Å². The molecule has 0 fully saturated rings. The number of carbonyl (C=O) groups is 2. The molecular formula is C35H51N3O3. The molecule has 41 heavy (non-hydrogen) atoms. The topological polar surface area (TPSA) is 54.8 Å². The normalized spacial score (nSPS) is 11.4. The molecule has 1 amide bonds. The van der Waals surface area contributed by atoms with Crippen LogP contribution < -0.4 is 4.74 Å². The van der Waals surface area contributed by atoms with Crippen molar-refractivity contribution in [3.8, 4) is 17.0 Å². The fourth-order valence-electron chi connectivity index (χ4n) is 5.53. The minimum Gasteiger partial charge on any atom is -0.492 e. The number of aromatic nitrogens is 1. The van der Waals surface area contributed by atoms with Crippen molar-refractivity contribution in [3.05, 3.63) is 54.1 Å². The third-order valence-electron chi connectivity index (χ3n) is 8.06. The summed E-state index contributed by atoms with van der Waals surface area (Å²) in [5.74, 6) is -0.108. The van der Waals surface area contributed by atoms with Crippen molar-refractivity contribution in [1.82, 2.24) is 14.4 Å². The van der Waals surface area contributed by atoms with Crippen LogP contribution in [0.4, 0.5) is 0 Å². The van der Waals surface area contributed by atoms with Gasteiger partial charge in [-0.3, -0.25) is 9.59 Å². The number of likely N-dealkylation sites (N-methyl/N-ethyl adjacent to an activating group) is 1. The molecule has 0 radical (unpaired) electrons. The predicted octanol–water partition coefficient (Wildman–Crippen LogP) is 7.74. The summed E-state index contributed by atoms with van der Waals surface area (Å²) < 4.78 is 8.18. The van der Waals surface area contributed by atoms with Crippen LogP contribution in [-0.2, 0) is 11.8 Å². The number of ether oxygens (including phenoxy) is 1. The van der Waals surface area contributed by atoms with Crippen LogP contribution >= 0.6 is 0 Å². The average molecular weight is 562 g/mol. The first-order valence-corrected chi connectivity index (χ1v) is 15.8. The zero-order valence-corrected chi connectivity index (χ0v) is 26.1. The zero-order chi connectivity index (χ0) is 29.6. The van der Waals surface area contributed by atoms with Crippen LogP contribution in [-0.4, -0.2) is 65.4 Å². The molecule has 0 unspecified atom stereocenters. The van der Waals surface area contributed by atoms with E-state index in [1.807, 2.05) is 65.0 Å². The molecule has 0 saturated heterocycles. The molecule has 224 valence electrons. The highest BCUT2D eigenvalue weighted by Gasteiger charge is 2.30. The van der Waals surface area contributed by atoms with E-state index in [0.717, 1.165) is 93.2 Å². The fraction of sp³-hybridized carbons (Fsp3) is 0.543. The highest BCUT2D eigenvalue weighted by Crippen LogP contribution is 2.35. The third kappa shape index (κ3) is 8.68. The number of benzene rings is 2. The van der Waals surface area contributed by atoms with E-state index in [4.69, 9.17) is 4.74 Å². The van der Waals surface area contributed by atoms with Gasteiger partial charge in [-0.25, -0.2) is 0 Å². The van der Waals surface area contributed by atoms with Crippen LogP contribution in [0.25, 0.3) is 22.2 Å². The number of Topliss-reactive ketones (excluding diaryl/α,β-unsaturated/α-hetero) is 1. The summed E-state index contributed by atoms with van der Waals surface area (Å²) >= 11 is 0. The van der Waals surface area contributed by atoms with E-state index in [1.165, 1.54) is 0 Å². The van der Waals surface area contributed by atoms with E-state index < -0.39 is 11.7 Å². The summed E-state index contributed by atoms with van der Waals surface area (Å²) in [6, 6.07) is 15.8. The van der Waals surface area contributed by atoms with Crippen LogP contribution in [0.5, 0.6) is 5.75 Å². The van der Waals surface area contributed by atoms with Gasteiger partial charge in [0.25, 0.3) is 11.7 Å². The molecule has 6 heteroatoms. The van der Waals surface area contributed by atoms with Gasteiger partial charge in [-0.2, -0.15) is 0 Å². The van der Waals surface area contributed by atoms with Gasteiger partial charge < -0.3 is 19.1 Å². The number of rotatable bonds is 19. The molecule has 1 aromatic heterocycles. The maximum Gasteiger partial charge on any atom is 0.295 e. The number of amides is 1. The maximum absolute atomic E-state index is 14.2. The molecule has 1 heterocycles. The highest BCUT2D eigenvalue weighted by molar-refractivity contribution is 6.46. The van der Waals surface area contributed by atoms with Crippen LogP contribution in [0.15, 0.2) is 48.5 Å². The van der Waals surface area contributed by atoms with E-state index in [-0.39, 0.29) is 0 Å². The van der Waals surface area contributed by atoms with Crippen LogP contribution in [0.1, 0.15) is 89.4 Å². The molecule has 0 saturated carbocycles. The van der Waals surface area contributed by atoms with Gasteiger partial charge in [-0.15, -0.1) is 0 Å². The minimum atomic E-state index is -0.430. The smallest absolute Gasteiger partial charge is 0.295 e. The van der Waals surface area contributed by atoms with Crippen molar-refractivity contribution in [2.75, 3.05) is 39.3 Å². The van der Waals surface area contributed by atoms with Gasteiger partial charge >= 0.3 is 0 Å². The Hall–Kier alpha value is -3.12. The van der Waals surface area contributed by atoms with Crippen molar-refractivity contribution in [2.24, 2.45) is 7.05 Å². The van der Waals surface area contributed by atoms with E-state index >= 15 is 0 Å². The number of carbonyl (C=O) groups excluding carboxylic acids is 2. The lowest BCUT2D eigenvalue weighted by Gasteiger charge is -2.22. The molecule has 0 aliphatic carbocycles. The number of ketones is 1. The van der Waals surface area contributed by atoms with Crippen molar-refractivity contribution < 1.29 is 14.3 Å². The Labute approximate surface area is 247 Å². The van der Waals surface area contributed by atoms with Gasteiger partial charge in [0, 0.05) is 37.6 Å². The van der Waals surface area contributed by atoms with Gasteiger partial charge in [-0.1, -0.05) is 96.6 Å². The Bertz CT molecular complexity index is 1220. The van der Waals surface area contributed by atoms with E-state index in [2.05, 4.69) is 32.6 Å². The minimum absolute atomic E-state index is 0.393. The standard InChI is InChI=1S/C35H51N3O3/c1-6-10-12-17-23-38(24-18-13-11-7-2)35(40)34(39)32-30-27-29(41-26-25-37(8-3)9-4)21-22-31(30)36(5)33(32)28-19-15-14-16-20-28/h14-16,19-22,27H,6-13,17-18,23-26H2,1-5H3. The fourth-order valence-corrected chi connectivity index (χ4v) is 5.53. The Balaban J connectivity index is 1.99. The number of aryl methyl sites for hydroxylation is 1. The van der Waals surface area contributed by atoms with E-state index in [0.29, 0.717) is 31.0 Å². The quantitative estimate of drug-likeness (QED) is 0.0853. The molecular weight excluding hydrogens is 510 g/mol. The van der Waals surface area contributed by atoms with Crippen molar-refractivity contribution in [1.29, 1.82) is 0 Å². The number of nitrogens with zero attached hydrogens (tertiary/aromatic N) is 3. The number of hydrogen-bond acceptors (Lipinski definition) is 4. The molecule has 6 nitrogen and oxygen atoms in total. The molecule has 0 atom stereocenters. The summed E-state index contributed by atoms with van der Waals surface area (Å²) in [6.07, 6.45) is 8.55. The molecule has 3 aromatic rings. The zero-order valence-electron chi connectivity index (χ0n) is 26.1. The second kappa shape index (κ2) is 17.0. The van der Waals surface area contributed by atoms with Gasteiger partial charge in [0.15, 0.2) is 0 Å². The van der Waals surface area contributed by atoms with Crippen molar-refractivity contribution in [3.63, 3.8) is 0 Å². The molecule has 0 bridgehead atoms. The second-order valence-corrected chi connectivity index (χ2v) is 10.9. The number of fused-ring (bicyclic) bond motifs is 1. The van der Waals surface area contributed by atoms with Gasteiger partial charge in [0.1, 0.15) is 12.4 Å². The first-order valence-electron chi connectivity index (χ1n) is 15.8. The van der Waals surface area contributed by atoms with Gasteiger partial charge in [0.05, 0.1) is 11.3 Å². The van der Waals surface area contributed by atoms with E-state index in [9.17, 15) is 9.59 Å². The van der Waals surface area contributed by atoms with Crippen LogP contribution in [0.2, 0.25) is 0 Å². The first kappa shape index (κ1) is 32.4. The Morgan fingerprint density at radius 1 is 0.780 bits per heavy atom. The summed E-state index contributed by atoms with van der Waals surface area (Å²) in [6.45, 7) is 13.3. The summed E-state index contributed by atoms with van der Waals surface area (Å²) in [7, 11) is 1.97. The lowest BCUT2D eigenvalue weighted by molar-refractivity contribution is -0.126. The predicted molar refractivity (Wildman–Crippen MR) is 171 cm³/mol. The largest absolute Gasteiger partial charge is 0.492 e. The SMILES string of the molecule is CCCCCCN(CCCCCC)C(=O)C(=O)c1c(-c2ccccc2)n(C)c2ccc(OCCN(CC)CC)cc12. The van der Waals surface area contributed by atoms with Crippen LogP contribution in [0.3, 0.4) is 0 Å². The number of unbranched alkanes of at least 4 members (excludes halogenated alkanes) is 6. The summed E-state index contributed by atoms with van der Waals surface area (Å²) in [4.78, 5) is 32.3. The van der Waals surface area contributed by atoms with Crippen molar-refractivity contribution >= 4 is 22.6 Å². The second-order valence-electron chi connectivity index (χ2n) is 10.9. The van der Waals surface area contributed by atoms with Gasteiger partial charge in [0.2, 0.25) is 0 Å². The molecule has 2 aromatic carbocycles. The molecule has 0 N–H and O–H groups in total. The van der Waals surface area contributed by atoms with Gasteiger partial charge in [-0.05, 0) is 49.7 Å². The Morgan fingerprint density at radius 3 is 2.00 bits per heavy atom. The average Bonchev–Trinajstić information content (AvgIpc) is 3.29. The molecule has 0 aliphatic rings. The Kier molecular flexibility index (Phi) is 13.4. The molecule has 0 spiro atoms. The lowest BCUT2D eigenvalue weighted by atomic mass is 10.0. The summed E-state index contributed by atoms with van der Waals surface area (Å²) in [5, 5.41) is 0.766. The third-order valence-corrected chi connectivity index (χ3v) is 8.06. The maximum atomic E-state index is 14.2. The monoisotopic (exact) mass is 561 g/mol. The van der Waals surface area contributed by atoms with Crippen molar-refractivity contribution in [2.45, 2.75) is 79.1 Å². The lowest BCUT2D eigenvalue weighted by Crippen LogP contribution is -2.38. The number of hydrogen-bond donors (Lipinski definition) is 0. The highest BCUT2D eigenvalue weighted by atomic mass is 16.5.